The van der Waals surface area contributed by atoms with Crippen molar-refractivity contribution in [2.45, 2.75) is 26.3 Å². The number of benzene rings is 1. The molecule has 19 heavy (non-hydrogen) atoms. The van der Waals surface area contributed by atoms with Gasteiger partial charge in [0.25, 0.3) is 0 Å². The Kier molecular flexibility index (Phi) is 5.00. The Labute approximate surface area is 117 Å². The third-order valence-electron chi connectivity index (χ3n) is 2.87. The summed E-state index contributed by atoms with van der Waals surface area (Å²) >= 11 is 5.76. The van der Waals surface area contributed by atoms with Gasteiger partial charge in [-0.2, -0.15) is 0 Å². The molecule has 0 radical (unpaired) electrons. The Morgan fingerprint density at radius 1 is 1.26 bits per heavy atom. The minimum atomic E-state index is -0.418. The van der Waals surface area contributed by atoms with Gasteiger partial charge in [-0.25, -0.2) is 4.39 Å². The molecular weight excluding hydrogens is 265 g/mol. The van der Waals surface area contributed by atoms with Gasteiger partial charge in [0, 0.05) is 5.56 Å². The van der Waals surface area contributed by atoms with Gasteiger partial charge >= 0.3 is 0 Å². The predicted octanol–water partition coefficient (Wildman–Crippen LogP) is 4.63. The van der Waals surface area contributed by atoms with Crippen molar-refractivity contribution in [1.29, 1.82) is 0 Å². The van der Waals surface area contributed by atoms with E-state index in [0.717, 1.165) is 24.3 Å². The molecule has 1 aromatic heterocycles. The van der Waals surface area contributed by atoms with Crippen LogP contribution in [0.2, 0.25) is 5.02 Å². The fourth-order valence-corrected chi connectivity index (χ4v) is 1.97. The van der Waals surface area contributed by atoms with E-state index in [4.69, 9.17) is 16.0 Å². The van der Waals surface area contributed by atoms with Crippen LogP contribution < -0.4 is 5.32 Å². The zero-order chi connectivity index (χ0) is 13.7. The molecule has 1 aromatic carbocycles. The number of hydrogen-bond acceptors (Lipinski definition) is 2. The highest BCUT2D eigenvalue weighted by Gasteiger charge is 2.07. The molecule has 2 rings (SSSR count). The quantitative estimate of drug-likeness (QED) is 0.781. The maximum Gasteiger partial charge on any atom is 0.141 e. The minimum Gasteiger partial charge on any atom is -0.460 e. The number of unbranched alkanes of at least 4 members (excludes halogenated alkanes) is 1. The summed E-state index contributed by atoms with van der Waals surface area (Å²) in [5, 5.41) is 3.42. The number of furan rings is 1. The van der Waals surface area contributed by atoms with Crippen LogP contribution in [0.1, 0.15) is 25.5 Å². The van der Waals surface area contributed by atoms with Crippen LogP contribution in [0, 0.1) is 5.82 Å². The molecule has 1 heterocycles. The second-order valence-electron chi connectivity index (χ2n) is 4.43. The summed E-state index contributed by atoms with van der Waals surface area (Å²) in [4.78, 5) is 0. The van der Waals surface area contributed by atoms with Gasteiger partial charge in [-0.15, -0.1) is 0 Å². The lowest BCUT2D eigenvalue weighted by Crippen LogP contribution is -2.13. The number of halogens is 2. The topological polar surface area (TPSA) is 25.2 Å². The molecule has 0 saturated heterocycles. The largest absolute Gasteiger partial charge is 0.460 e. The molecule has 0 amide bonds. The van der Waals surface area contributed by atoms with Crippen molar-refractivity contribution in [1.82, 2.24) is 5.32 Å². The van der Waals surface area contributed by atoms with Crippen molar-refractivity contribution in [3.05, 3.63) is 46.9 Å². The summed E-state index contributed by atoms with van der Waals surface area (Å²) < 4.78 is 18.8. The lowest BCUT2D eigenvalue weighted by Gasteiger charge is -2.01. The third-order valence-corrected chi connectivity index (χ3v) is 3.16. The van der Waals surface area contributed by atoms with Crippen LogP contribution in [-0.4, -0.2) is 6.54 Å². The summed E-state index contributed by atoms with van der Waals surface area (Å²) in [6.07, 6.45) is 2.33. The molecule has 0 aliphatic carbocycles. The van der Waals surface area contributed by atoms with Crippen LogP contribution in [0.3, 0.4) is 0 Å². The Balaban J connectivity index is 2.01. The highest BCUT2D eigenvalue weighted by molar-refractivity contribution is 6.31. The second kappa shape index (κ2) is 6.73. The average Bonchev–Trinajstić information content (AvgIpc) is 2.87. The van der Waals surface area contributed by atoms with E-state index in [0.29, 0.717) is 12.3 Å². The standard InChI is InChI=1S/C15H17ClFNO/c1-2-3-8-18-10-12-5-7-15(19-12)11-4-6-14(17)13(16)9-11/h4-7,9,18H,2-3,8,10H2,1H3. The molecule has 0 unspecified atom stereocenters. The molecule has 0 aliphatic rings. The predicted molar refractivity (Wildman–Crippen MR) is 75.7 cm³/mol. The van der Waals surface area contributed by atoms with E-state index in [9.17, 15) is 4.39 Å². The highest BCUT2D eigenvalue weighted by Crippen LogP contribution is 2.26. The van der Waals surface area contributed by atoms with E-state index in [2.05, 4.69) is 12.2 Å². The van der Waals surface area contributed by atoms with Crippen LogP contribution in [0.4, 0.5) is 4.39 Å². The fraction of sp³-hybridized carbons (Fsp3) is 0.333. The molecule has 2 aromatic rings. The van der Waals surface area contributed by atoms with Crippen molar-refractivity contribution in [2.24, 2.45) is 0 Å². The van der Waals surface area contributed by atoms with Crippen LogP contribution in [0.25, 0.3) is 11.3 Å². The number of rotatable bonds is 6. The van der Waals surface area contributed by atoms with Crippen molar-refractivity contribution >= 4 is 11.6 Å². The Morgan fingerprint density at radius 3 is 2.84 bits per heavy atom. The van der Waals surface area contributed by atoms with Gasteiger partial charge in [0.2, 0.25) is 0 Å². The molecule has 0 saturated carbocycles. The molecule has 0 fully saturated rings. The third kappa shape index (κ3) is 3.82. The highest BCUT2D eigenvalue weighted by atomic mass is 35.5. The Bertz CT molecular complexity index is 539. The summed E-state index contributed by atoms with van der Waals surface area (Å²) in [6.45, 7) is 3.84. The maximum absolute atomic E-state index is 13.1. The average molecular weight is 282 g/mol. The van der Waals surface area contributed by atoms with Crippen molar-refractivity contribution in [3.63, 3.8) is 0 Å². The first-order valence-electron chi connectivity index (χ1n) is 6.45. The van der Waals surface area contributed by atoms with E-state index >= 15 is 0 Å². The van der Waals surface area contributed by atoms with Crippen LogP contribution >= 0.6 is 11.6 Å². The maximum atomic E-state index is 13.1. The van der Waals surface area contributed by atoms with Crippen LogP contribution in [0.15, 0.2) is 34.7 Å². The smallest absolute Gasteiger partial charge is 0.141 e. The number of hydrogen-bond donors (Lipinski definition) is 1. The first kappa shape index (κ1) is 14.1. The first-order chi connectivity index (χ1) is 9.20. The van der Waals surface area contributed by atoms with Gasteiger partial charge in [-0.05, 0) is 43.3 Å². The molecular formula is C15H17ClFNO. The fourth-order valence-electron chi connectivity index (χ4n) is 1.79. The van der Waals surface area contributed by atoms with E-state index in [-0.39, 0.29) is 5.02 Å². The van der Waals surface area contributed by atoms with Gasteiger partial charge < -0.3 is 9.73 Å². The molecule has 0 aliphatic heterocycles. The first-order valence-corrected chi connectivity index (χ1v) is 6.83. The normalized spacial score (nSPS) is 10.9. The van der Waals surface area contributed by atoms with Crippen LogP contribution in [0.5, 0.6) is 0 Å². The van der Waals surface area contributed by atoms with Crippen molar-refractivity contribution in [2.75, 3.05) is 6.54 Å². The Morgan fingerprint density at radius 2 is 2.11 bits per heavy atom. The summed E-state index contributed by atoms with van der Waals surface area (Å²) in [5.41, 5.74) is 0.784. The summed E-state index contributed by atoms with van der Waals surface area (Å²) in [5.74, 6) is 1.15. The van der Waals surface area contributed by atoms with E-state index in [1.807, 2.05) is 12.1 Å². The zero-order valence-electron chi connectivity index (χ0n) is 10.9. The minimum absolute atomic E-state index is 0.108. The SMILES string of the molecule is CCCCNCc1ccc(-c2ccc(F)c(Cl)c2)o1. The molecule has 0 atom stereocenters. The second-order valence-corrected chi connectivity index (χ2v) is 4.83. The van der Waals surface area contributed by atoms with Gasteiger partial charge in [-0.3, -0.25) is 0 Å². The zero-order valence-corrected chi connectivity index (χ0v) is 11.6. The summed E-state index contributed by atoms with van der Waals surface area (Å²) in [7, 11) is 0. The van der Waals surface area contributed by atoms with Crippen LogP contribution in [-0.2, 0) is 6.54 Å². The van der Waals surface area contributed by atoms with Crippen molar-refractivity contribution in [3.8, 4) is 11.3 Å². The van der Waals surface area contributed by atoms with Gasteiger partial charge in [0.05, 0.1) is 11.6 Å². The van der Waals surface area contributed by atoms with E-state index < -0.39 is 5.82 Å². The van der Waals surface area contributed by atoms with Gasteiger partial charge in [0.1, 0.15) is 17.3 Å². The molecule has 4 heteroatoms. The lowest BCUT2D eigenvalue weighted by atomic mass is 10.2. The number of nitrogens with one attached hydrogen (secondary N) is 1. The van der Waals surface area contributed by atoms with Gasteiger partial charge in [0.15, 0.2) is 0 Å². The molecule has 2 nitrogen and oxygen atoms in total. The van der Waals surface area contributed by atoms with Crippen molar-refractivity contribution < 1.29 is 8.81 Å². The van der Waals surface area contributed by atoms with Gasteiger partial charge in [-0.1, -0.05) is 24.9 Å². The monoisotopic (exact) mass is 281 g/mol. The lowest BCUT2D eigenvalue weighted by molar-refractivity contribution is 0.490. The Hall–Kier alpha value is -1.32. The van der Waals surface area contributed by atoms with E-state index in [1.165, 1.54) is 12.5 Å². The molecule has 1 N–H and O–H groups in total. The molecule has 102 valence electrons. The van der Waals surface area contributed by atoms with E-state index in [1.54, 1.807) is 12.1 Å². The molecule has 0 spiro atoms. The summed E-state index contributed by atoms with van der Waals surface area (Å²) in [6, 6.07) is 8.38. The molecule has 0 bridgehead atoms.